The van der Waals surface area contributed by atoms with Crippen LogP contribution in [0.5, 0.6) is 0 Å². The van der Waals surface area contributed by atoms with Gasteiger partial charge in [0.25, 0.3) is 0 Å². The van der Waals surface area contributed by atoms with E-state index in [0.717, 1.165) is 37.4 Å². The Morgan fingerprint density at radius 2 is 2.41 bits per heavy atom. The van der Waals surface area contributed by atoms with Crippen molar-refractivity contribution in [2.45, 2.75) is 26.0 Å². The Balaban J connectivity index is 2.06. The summed E-state index contributed by atoms with van der Waals surface area (Å²) in [6.45, 7) is 7.94. The highest BCUT2D eigenvalue weighted by molar-refractivity contribution is 5.21. The minimum absolute atomic E-state index is 0.0762. The predicted molar refractivity (Wildman–Crippen MR) is 67.8 cm³/mol. The summed E-state index contributed by atoms with van der Waals surface area (Å²) in [6, 6.07) is 2.00. The lowest BCUT2D eigenvalue weighted by Crippen LogP contribution is -2.46. The molecule has 2 unspecified atom stereocenters. The van der Waals surface area contributed by atoms with Gasteiger partial charge in [0.2, 0.25) is 0 Å². The Kier molecular flexibility index (Phi) is 4.10. The van der Waals surface area contributed by atoms with Gasteiger partial charge in [-0.05, 0) is 24.6 Å². The highest BCUT2D eigenvalue weighted by Gasteiger charge is 2.26. The largest absolute Gasteiger partial charge is 0.374 e. The van der Waals surface area contributed by atoms with Crippen LogP contribution in [0, 0.1) is 6.92 Å². The zero-order valence-electron chi connectivity index (χ0n) is 10.6. The Morgan fingerprint density at radius 1 is 1.59 bits per heavy atom. The first-order chi connectivity index (χ1) is 8.20. The third kappa shape index (κ3) is 3.03. The molecule has 1 saturated heterocycles. The van der Waals surface area contributed by atoms with Crippen LogP contribution in [0.15, 0.2) is 18.5 Å². The molecule has 0 radical (unpaired) electrons. The number of rotatable bonds is 3. The lowest BCUT2D eigenvalue weighted by atomic mass is 10.0. The van der Waals surface area contributed by atoms with E-state index in [1.165, 1.54) is 0 Å². The molecule has 17 heavy (non-hydrogen) atoms. The molecule has 1 aliphatic heterocycles. The monoisotopic (exact) mass is 235 g/mol. The lowest BCUT2D eigenvalue weighted by molar-refractivity contribution is -0.0393. The average molecular weight is 235 g/mol. The van der Waals surface area contributed by atoms with Gasteiger partial charge in [0.05, 0.1) is 18.8 Å². The summed E-state index contributed by atoms with van der Waals surface area (Å²) in [5.74, 6) is 0. The van der Waals surface area contributed by atoms with Crippen molar-refractivity contribution in [3.63, 3.8) is 0 Å². The van der Waals surface area contributed by atoms with E-state index in [4.69, 9.17) is 10.5 Å². The molecule has 1 aromatic heterocycles. The molecule has 0 amide bonds. The van der Waals surface area contributed by atoms with Gasteiger partial charge in [-0.2, -0.15) is 0 Å². The van der Waals surface area contributed by atoms with E-state index in [1.54, 1.807) is 0 Å². The van der Waals surface area contributed by atoms with E-state index in [1.807, 2.05) is 19.3 Å². The van der Waals surface area contributed by atoms with Crippen molar-refractivity contribution in [3.8, 4) is 0 Å². The number of nitrogens with zero attached hydrogens (tertiary/aromatic N) is 2. The van der Waals surface area contributed by atoms with Gasteiger partial charge >= 0.3 is 0 Å². The molecule has 0 aromatic carbocycles. The molecule has 1 aliphatic rings. The second kappa shape index (κ2) is 5.58. The van der Waals surface area contributed by atoms with E-state index in [-0.39, 0.29) is 12.1 Å². The maximum Gasteiger partial charge on any atom is 0.0895 e. The summed E-state index contributed by atoms with van der Waals surface area (Å²) in [7, 11) is 0. The number of pyridine rings is 1. The fourth-order valence-electron chi connectivity index (χ4n) is 2.21. The summed E-state index contributed by atoms with van der Waals surface area (Å²) >= 11 is 0. The number of aromatic nitrogens is 1. The summed E-state index contributed by atoms with van der Waals surface area (Å²) in [6.07, 6.45) is 3.76. The van der Waals surface area contributed by atoms with Crippen LogP contribution in [0.25, 0.3) is 0 Å². The van der Waals surface area contributed by atoms with Crippen LogP contribution in [0.1, 0.15) is 24.1 Å². The van der Waals surface area contributed by atoms with Crippen molar-refractivity contribution < 1.29 is 4.74 Å². The standard InChI is InChI=1S/C13H21N3O/c1-3-16-4-5-17-12(9-16)13(14)11-6-10(2)7-15-8-11/h6-8,12-13H,3-5,9,14H2,1-2H3. The molecule has 2 atom stereocenters. The van der Waals surface area contributed by atoms with Crippen LogP contribution < -0.4 is 5.73 Å². The Bertz CT molecular complexity index is 369. The fourth-order valence-corrected chi connectivity index (χ4v) is 2.21. The average Bonchev–Trinajstić information content (AvgIpc) is 2.38. The zero-order chi connectivity index (χ0) is 12.3. The SMILES string of the molecule is CCN1CCOC(C(N)c2cncc(C)c2)C1. The van der Waals surface area contributed by atoms with E-state index in [2.05, 4.69) is 22.9 Å². The number of ether oxygens (including phenoxy) is 1. The van der Waals surface area contributed by atoms with Gasteiger partial charge in [0.15, 0.2) is 0 Å². The molecule has 2 rings (SSSR count). The van der Waals surface area contributed by atoms with Gasteiger partial charge in [0.1, 0.15) is 0 Å². The third-order valence-electron chi connectivity index (χ3n) is 3.31. The number of nitrogens with two attached hydrogens (primary N) is 1. The van der Waals surface area contributed by atoms with Gasteiger partial charge in [-0.15, -0.1) is 0 Å². The van der Waals surface area contributed by atoms with Crippen molar-refractivity contribution in [3.05, 3.63) is 29.6 Å². The van der Waals surface area contributed by atoms with E-state index in [9.17, 15) is 0 Å². The van der Waals surface area contributed by atoms with E-state index in [0.29, 0.717) is 0 Å². The van der Waals surface area contributed by atoms with Crippen LogP contribution >= 0.6 is 0 Å². The third-order valence-corrected chi connectivity index (χ3v) is 3.31. The molecule has 1 aromatic rings. The van der Waals surface area contributed by atoms with Crippen molar-refractivity contribution >= 4 is 0 Å². The molecular weight excluding hydrogens is 214 g/mol. The summed E-state index contributed by atoms with van der Waals surface area (Å²) < 4.78 is 5.77. The second-order valence-electron chi connectivity index (χ2n) is 4.62. The second-order valence-corrected chi connectivity index (χ2v) is 4.62. The van der Waals surface area contributed by atoms with Crippen LogP contribution in [-0.2, 0) is 4.74 Å². The van der Waals surface area contributed by atoms with Gasteiger partial charge < -0.3 is 10.5 Å². The minimum atomic E-state index is -0.0863. The molecule has 2 heterocycles. The van der Waals surface area contributed by atoms with Crippen molar-refractivity contribution in [1.82, 2.24) is 9.88 Å². The first-order valence-electron chi connectivity index (χ1n) is 6.21. The van der Waals surface area contributed by atoms with Crippen LogP contribution in [-0.4, -0.2) is 42.2 Å². The number of hydrogen-bond donors (Lipinski definition) is 1. The number of likely N-dealkylation sites (N-methyl/N-ethyl adjacent to an activating group) is 1. The molecule has 4 heteroatoms. The Hall–Kier alpha value is -0.970. The molecular formula is C13H21N3O. The molecule has 0 bridgehead atoms. The first kappa shape index (κ1) is 12.5. The van der Waals surface area contributed by atoms with Crippen LogP contribution in [0.4, 0.5) is 0 Å². The smallest absolute Gasteiger partial charge is 0.0895 e. The first-order valence-corrected chi connectivity index (χ1v) is 6.21. The molecule has 0 spiro atoms. The number of aryl methyl sites for hydroxylation is 1. The quantitative estimate of drug-likeness (QED) is 0.852. The normalized spacial score (nSPS) is 23.6. The highest BCUT2D eigenvalue weighted by atomic mass is 16.5. The van der Waals surface area contributed by atoms with Crippen molar-refractivity contribution in [2.24, 2.45) is 5.73 Å². The maximum absolute atomic E-state index is 6.26. The lowest BCUT2D eigenvalue weighted by Gasteiger charge is -2.35. The van der Waals surface area contributed by atoms with Crippen LogP contribution in [0.3, 0.4) is 0 Å². The highest BCUT2D eigenvalue weighted by Crippen LogP contribution is 2.20. The van der Waals surface area contributed by atoms with Crippen molar-refractivity contribution in [2.75, 3.05) is 26.2 Å². The van der Waals surface area contributed by atoms with E-state index >= 15 is 0 Å². The minimum Gasteiger partial charge on any atom is -0.374 e. The molecule has 94 valence electrons. The maximum atomic E-state index is 6.26. The molecule has 0 saturated carbocycles. The zero-order valence-corrected chi connectivity index (χ0v) is 10.6. The molecule has 1 fully saturated rings. The van der Waals surface area contributed by atoms with Gasteiger partial charge in [-0.25, -0.2) is 0 Å². The molecule has 0 aliphatic carbocycles. The number of morpholine rings is 1. The topological polar surface area (TPSA) is 51.4 Å². The van der Waals surface area contributed by atoms with Gasteiger partial charge in [-0.1, -0.05) is 13.0 Å². The summed E-state index contributed by atoms with van der Waals surface area (Å²) in [4.78, 5) is 6.56. The van der Waals surface area contributed by atoms with Crippen molar-refractivity contribution in [1.29, 1.82) is 0 Å². The van der Waals surface area contributed by atoms with E-state index < -0.39 is 0 Å². The fraction of sp³-hybridized carbons (Fsp3) is 0.615. The van der Waals surface area contributed by atoms with Crippen LogP contribution in [0.2, 0.25) is 0 Å². The Labute approximate surface area is 103 Å². The van der Waals surface area contributed by atoms with Gasteiger partial charge in [0, 0.05) is 25.5 Å². The Morgan fingerprint density at radius 3 is 3.12 bits per heavy atom. The number of hydrogen-bond acceptors (Lipinski definition) is 4. The summed E-state index contributed by atoms with van der Waals surface area (Å²) in [5.41, 5.74) is 8.47. The molecule has 4 nitrogen and oxygen atoms in total. The summed E-state index contributed by atoms with van der Waals surface area (Å²) in [5, 5.41) is 0. The molecule has 2 N–H and O–H groups in total. The predicted octanol–water partition coefficient (Wildman–Crippen LogP) is 1.11. The van der Waals surface area contributed by atoms with Gasteiger partial charge in [-0.3, -0.25) is 9.88 Å².